The Labute approximate surface area is 172 Å². The Hall–Kier alpha value is -3.00. The molecule has 4 rings (SSSR count). The summed E-state index contributed by atoms with van der Waals surface area (Å²) >= 11 is 1.41. The summed E-state index contributed by atoms with van der Waals surface area (Å²) < 4.78 is 11.2. The van der Waals surface area contributed by atoms with Crippen molar-refractivity contribution in [2.24, 2.45) is 5.92 Å². The Morgan fingerprint density at radius 1 is 1.21 bits per heavy atom. The van der Waals surface area contributed by atoms with E-state index in [1.165, 1.54) is 11.3 Å². The summed E-state index contributed by atoms with van der Waals surface area (Å²) in [6, 6.07) is 13.1. The normalized spacial score (nSPS) is 17.7. The van der Waals surface area contributed by atoms with Crippen LogP contribution in [0, 0.1) is 5.92 Å². The number of hydrogen-bond donors (Lipinski definition) is 0. The van der Waals surface area contributed by atoms with E-state index in [1.807, 2.05) is 41.8 Å². The second-order valence-corrected chi connectivity index (χ2v) is 7.91. The molecule has 0 N–H and O–H groups in total. The molecule has 2 unspecified atom stereocenters. The molecule has 1 aliphatic rings. The van der Waals surface area contributed by atoms with Crippen molar-refractivity contribution in [1.82, 2.24) is 15.1 Å². The average molecular weight is 411 g/mol. The molecule has 1 amide bonds. The van der Waals surface area contributed by atoms with E-state index in [2.05, 4.69) is 10.2 Å². The molecule has 0 saturated carbocycles. The third-order valence-electron chi connectivity index (χ3n) is 4.88. The fraction of sp³-hybridized carbons (Fsp3) is 0.333. The molecule has 1 aliphatic heterocycles. The van der Waals surface area contributed by atoms with Crippen molar-refractivity contribution in [3.05, 3.63) is 58.6 Å². The maximum absolute atomic E-state index is 12.7. The van der Waals surface area contributed by atoms with E-state index >= 15 is 0 Å². The minimum Gasteiger partial charge on any atom is -0.452 e. The van der Waals surface area contributed by atoms with Crippen LogP contribution in [0.25, 0.3) is 11.5 Å². The Morgan fingerprint density at radius 2 is 2.03 bits per heavy atom. The van der Waals surface area contributed by atoms with Gasteiger partial charge in [0.1, 0.15) is 0 Å². The molecule has 2 atom stereocenters. The van der Waals surface area contributed by atoms with Crippen LogP contribution in [0.1, 0.15) is 41.4 Å². The summed E-state index contributed by atoms with van der Waals surface area (Å²) in [5.74, 6) is -0.101. The molecule has 2 aromatic heterocycles. The Bertz CT molecular complexity index is 971. The first-order valence-electron chi connectivity index (χ1n) is 9.54. The molecule has 1 fully saturated rings. The van der Waals surface area contributed by atoms with Gasteiger partial charge in [-0.05, 0) is 43.3 Å². The molecule has 29 heavy (non-hydrogen) atoms. The lowest BCUT2D eigenvalue weighted by Gasteiger charge is -2.31. The van der Waals surface area contributed by atoms with Crippen LogP contribution in [0.5, 0.6) is 0 Å². The number of ether oxygens (including phenoxy) is 1. The van der Waals surface area contributed by atoms with Gasteiger partial charge in [-0.3, -0.25) is 9.59 Å². The van der Waals surface area contributed by atoms with E-state index in [0.717, 1.165) is 12.0 Å². The number of thiophene rings is 1. The third kappa shape index (κ3) is 4.37. The summed E-state index contributed by atoms with van der Waals surface area (Å²) in [4.78, 5) is 27.6. The van der Waals surface area contributed by atoms with E-state index < -0.39 is 6.10 Å². The van der Waals surface area contributed by atoms with Gasteiger partial charge in [0, 0.05) is 18.7 Å². The molecule has 0 bridgehead atoms. The summed E-state index contributed by atoms with van der Waals surface area (Å²) in [7, 11) is 0. The molecule has 0 radical (unpaired) electrons. The predicted octanol–water partition coefficient (Wildman–Crippen LogP) is 3.95. The first-order valence-corrected chi connectivity index (χ1v) is 10.4. The molecule has 1 saturated heterocycles. The van der Waals surface area contributed by atoms with Crippen molar-refractivity contribution in [2.75, 3.05) is 13.1 Å². The van der Waals surface area contributed by atoms with Gasteiger partial charge in [0.2, 0.25) is 5.89 Å². The number of benzene rings is 1. The number of likely N-dealkylation sites (tertiary alicyclic amines) is 1. The van der Waals surface area contributed by atoms with Gasteiger partial charge in [0.25, 0.3) is 11.8 Å². The van der Waals surface area contributed by atoms with Crippen molar-refractivity contribution < 1.29 is 18.7 Å². The minimum atomic E-state index is -0.657. The second kappa shape index (κ2) is 8.57. The highest BCUT2D eigenvalue weighted by molar-refractivity contribution is 7.12. The number of esters is 1. The number of rotatable bonds is 5. The number of carbonyl (C=O) groups is 2. The molecular weight excluding hydrogens is 390 g/mol. The molecule has 3 heterocycles. The molecule has 1 aromatic carbocycles. The van der Waals surface area contributed by atoms with Crippen LogP contribution in [0.3, 0.4) is 0 Å². The van der Waals surface area contributed by atoms with Crippen molar-refractivity contribution in [3.8, 4) is 11.5 Å². The zero-order valence-corrected chi connectivity index (χ0v) is 16.8. The first-order chi connectivity index (χ1) is 14.1. The Kier molecular flexibility index (Phi) is 5.71. The van der Waals surface area contributed by atoms with Crippen molar-refractivity contribution in [3.63, 3.8) is 0 Å². The van der Waals surface area contributed by atoms with Crippen molar-refractivity contribution in [1.29, 1.82) is 0 Å². The van der Waals surface area contributed by atoms with E-state index in [-0.39, 0.29) is 23.7 Å². The van der Waals surface area contributed by atoms with Crippen LogP contribution in [0.4, 0.5) is 0 Å². The van der Waals surface area contributed by atoms with Crippen molar-refractivity contribution >= 4 is 23.2 Å². The molecule has 0 spiro atoms. The van der Waals surface area contributed by atoms with Crippen LogP contribution >= 0.6 is 11.3 Å². The number of carbonyl (C=O) groups excluding carboxylic acids is 2. The summed E-state index contributed by atoms with van der Waals surface area (Å²) in [6.07, 6.45) is 0.805. The average Bonchev–Trinajstić information content (AvgIpc) is 3.46. The molecule has 0 aliphatic carbocycles. The maximum Gasteiger partial charge on any atom is 0.311 e. The van der Waals surface area contributed by atoms with E-state index in [9.17, 15) is 9.59 Å². The van der Waals surface area contributed by atoms with Crippen LogP contribution in [-0.2, 0) is 9.53 Å². The smallest absolute Gasteiger partial charge is 0.311 e. The highest BCUT2D eigenvalue weighted by atomic mass is 32.1. The van der Waals surface area contributed by atoms with Gasteiger partial charge in [-0.25, -0.2) is 0 Å². The lowest BCUT2D eigenvalue weighted by molar-refractivity contribution is -0.156. The molecule has 3 aromatic rings. The zero-order chi connectivity index (χ0) is 20.2. The second-order valence-electron chi connectivity index (χ2n) is 6.96. The molecule has 7 nitrogen and oxygen atoms in total. The third-order valence-corrected chi connectivity index (χ3v) is 5.73. The number of piperidine rings is 1. The van der Waals surface area contributed by atoms with E-state index in [4.69, 9.17) is 9.15 Å². The SMILES string of the molecule is CC(OC(=O)C1CCCN(C(=O)c2cccs2)C1)c1nnc(-c2ccccc2)o1. The highest BCUT2D eigenvalue weighted by Crippen LogP contribution is 2.26. The highest BCUT2D eigenvalue weighted by Gasteiger charge is 2.32. The lowest BCUT2D eigenvalue weighted by Crippen LogP contribution is -2.42. The largest absolute Gasteiger partial charge is 0.452 e. The molecule has 8 heteroatoms. The number of amides is 1. The standard InChI is InChI=1S/C21H21N3O4S/c1-14(18-22-23-19(28-18)15-7-3-2-4-8-15)27-21(26)16-9-5-11-24(13-16)20(25)17-10-6-12-29-17/h2-4,6-8,10,12,14,16H,5,9,11,13H2,1H3. The quantitative estimate of drug-likeness (QED) is 0.591. The number of aromatic nitrogens is 2. The van der Waals surface area contributed by atoms with Crippen LogP contribution < -0.4 is 0 Å². The monoisotopic (exact) mass is 411 g/mol. The lowest BCUT2D eigenvalue weighted by atomic mass is 9.98. The van der Waals surface area contributed by atoms with Gasteiger partial charge < -0.3 is 14.1 Å². The van der Waals surface area contributed by atoms with Crippen LogP contribution in [0.2, 0.25) is 0 Å². The Morgan fingerprint density at radius 3 is 2.79 bits per heavy atom. The summed E-state index contributed by atoms with van der Waals surface area (Å²) in [5, 5.41) is 9.92. The van der Waals surface area contributed by atoms with Crippen molar-refractivity contribution in [2.45, 2.75) is 25.9 Å². The van der Waals surface area contributed by atoms with Gasteiger partial charge in [0.05, 0.1) is 10.8 Å². The topological polar surface area (TPSA) is 85.5 Å². The summed E-state index contributed by atoms with van der Waals surface area (Å²) in [5.41, 5.74) is 0.805. The summed E-state index contributed by atoms with van der Waals surface area (Å²) in [6.45, 7) is 2.72. The van der Waals surface area contributed by atoms with Gasteiger partial charge in [0.15, 0.2) is 6.10 Å². The Balaban J connectivity index is 1.37. The van der Waals surface area contributed by atoms with Gasteiger partial charge >= 0.3 is 5.97 Å². The van der Waals surface area contributed by atoms with E-state index in [0.29, 0.717) is 30.3 Å². The first kappa shape index (κ1) is 19.3. The number of nitrogens with zero attached hydrogens (tertiary/aromatic N) is 3. The van der Waals surface area contributed by atoms with Gasteiger partial charge in [-0.15, -0.1) is 21.5 Å². The molecule has 150 valence electrons. The predicted molar refractivity (Wildman–Crippen MR) is 107 cm³/mol. The maximum atomic E-state index is 12.7. The zero-order valence-electron chi connectivity index (χ0n) is 16.0. The van der Waals surface area contributed by atoms with E-state index in [1.54, 1.807) is 17.9 Å². The van der Waals surface area contributed by atoms with Gasteiger partial charge in [-0.1, -0.05) is 24.3 Å². The van der Waals surface area contributed by atoms with Crippen LogP contribution in [-0.4, -0.2) is 40.1 Å². The van der Waals surface area contributed by atoms with Gasteiger partial charge in [-0.2, -0.15) is 0 Å². The van der Waals surface area contributed by atoms with Crippen LogP contribution in [0.15, 0.2) is 52.3 Å². The molecular formula is C21H21N3O4S. The fourth-order valence-corrected chi connectivity index (χ4v) is 4.02. The fourth-order valence-electron chi connectivity index (χ4n) is 3.33. The minimum absolute atomic E-state index is 0.0325. The number of hydrogen-bond acceptors (Lipinski definition) is 7.